The lowest BCUT2D eigenvalue weighted by Crippen LogP contribution is -2.13. The molecule has 0 aliphatic heterocycles. The maximum Gasteiger partial charge on any atom is 0.411 e. The van der Waals surface area contributed by atoms with E-state index in [1.807, 2.05) is 36.2 Å². The summed E-state index contributed by atoms with van der Waals surface area (Å²) in [6.07, 6.45) is -1.02. The molecule has 0 atom stereocenters. The smallest absolute Gasteiger partial charge is 0.411 e. The summed E-state index contributed by atoms with van der Waals surface area (Å²) in [5, 5.41) is 5.19. The fraction of sp³-hybridized carbons (Fsp3) is 0.176. The second-order valence-corrected chi connectivity index (χ2v) is 4.89. The van der Waals surface area contributed by atoms with Crippen LogP contribution in [0, 0.1) is 0 Å². The molecule has 0 radical (unpaired) electrons. The molecule has 126 valence electrons. The van der Waals surface area contributed by atoms with Crippen LogP contribution in [0.2, 0.25) is 0 Å². The second-order valence-electron chi connectivity index (χ2n) is 4.89. The maximum absolute atomic E-state index is 11.2. The zero-order valence-electron chi connectivity index (χ0n) is 13.7. The predicted octanol–water partition coefficient (Wildman–Crippen LogP) is 3.81. The summed E-state index contributed by atoms with van der Waals surface area (Å²) in [6.45, 7) is 0. The van der Waals surface area contributed by atoms with Crippen LogP contribution in [0.3, 0.4) is 0 Å². The van der Waals surface area contributed by atoms with E-state index in [-0.39, 0.29) is 0 Å². The van der Waals surface area contributed by atoms with E-state index in [0.717, 1.165) is 11.4 Å². The topological polar surface area (TPSA) is 79.9 Å². The number of carbonyl (C=O) groups excluding carboxylic acids is 2. The van der Waals surface area contributed by atoms with Gasteiger partial charge >= 0.3 is 12.2 Å². The highest BCUT2D eigenvalue weighted by atomic mass is 16.5. The summed E-state index contributed by atoms with van der Waals surface area (Å²) in [5.74, 6) is 0. The first-order valence-electron chi connectivity index (χ1n) is 7.17. The van der Waals surface area contributed by atoms with Crippen LogP contribution in [0.1, 0.15) is 0 Å². The Morgan fingerprint density at radius 2 is 1.08 bits per heavy atom. The molecular weight excluding hydrogens is 310 g/mol. The molecule has 0 heterocycles. The van der Waals surface area contributed by atoms with Gasteiger partial charge in [0, 0.05) is 29.8 Å². The van der Waals surface area contributed by atoms with Crippen molar-refractivity contribution >= 4 is 34.9 Å². The monoisotopic (exact) mass is 329 g/mol. The van der Waals surface area contributed by atoms with Crippen LogP contribution < -0.4 is 15.5 Å². The Labute approximate surface area is 140 Å². The summed E-state index contributed by atoms with van der Waals surface area (Å²) >= 11 is 0. The summed E-state index contributed by atoms with van der Waals surface area (Å²) in [5.41, 5.74) is 3.19. The Balaban J connectivity index is 2.06. The van der Waals surface area contributed by atoms with Crippen LogP contribution in [0.25, 0.3) is 0 Å². The maximum atomic E-state index is 11.2. The number of hydrogen-bond donors (Lipinski definition) is 2. The van der Waals surface area contributed by atoms with Gasteiger partial charge < -0.3 is 14.4 Å². The number of carbonyl (C=O) groups is 2. The molecule has 2 rings (SSSR count). The van der Waals surface area contributed by atoms with Crippen molar-refractivity contribution in [3.63, 3.8) is 0 Å². The minimum absolute atomic E-state index is 0.509. The molecular formula is C17H19N3O4. The van der Waals surface area contributed by atoms with Crippen LogP contribution in [0.5, 0.6) is 0 Å². The zero-order chi connectivity index (χ0) is 17.5. The molecule has 0 bridgehead atoms. The first-order valence-corrected chi connectivity index (χ1v) is 7.17. The van der Waals surface area contributed by atoms with Gasteiger partial charge in [0.25, 0.3) is 0 Å². The van der Waals surface area contributed by atoms with Crippen molar-refractivity contribution in [1.82, 2.24) is 0 Å². The number of amides is 2. The molecule has 2 aromatic carbocycles. The number of rotatable bonds is 4. The van der Waals surface area contributed by atoms with Crippen molar-refractivity contribution in [2.24, 2.45) is 0 Å². The Morgan fingerprint density at radius 3 is 1.38 bits per heavy atom. The van der Waals surface area contributed by atoms with E-state index in [2.05, 4.69) is 20.1 Å². The summed E-state index contributed by atoms with van der Waals surface area (Å²) in [4.78, 5) is 24.3. The van der Waals surface area contributed by atoms with E-state index >= 15 is 0 Å². The molecule has 0 unspecified atom stereocenters. The van der Waals surface area contributed by atoms with Gasteiger partial charge in [-0.3, -0.25) is 10.6 Å². The highest BCUT2D eigenvalue weighted by molar-refractivity contribution is 5.85. The van der Waals surface area contributed by atoms with Crippen LogP contribution in [0.15, 0.2) is 48.5 Å². The van der Waals surface area contributed by atoms with E-state index in [9.17, 15) is 9.59 Å². The highest BCUT2D eigenvalue weighted by Gasteiger charge is 2.06. The zero-order valence-corrected chi connectivity index (χ0v) is 13.7. The molecule has 0 saturated carbocycles. The number of benzene rings is 2. The van der Waals surface area contributed by atoms with Crippen LogP contribution >= 0.6 is 0 Å². The SMILES string of the molecule is COC(=O)Nc1ccc(N(C)c2ccc(NC(=O)OC)cc2)cc1. The number of nitrogens with one attached hydrogen (secondary N) is 2. The summed E-state index contributed by atoms with van der Waals surface area (Å²) in [7, 11) is 4.55. The molecule has 2 N–H and O–H groups in total. The minimum atomic E-state index is -0.509. The van der Waals surface area contributed by atoms with E-state index in [4.69, 9.17) is 0 Å². The molecule has 0 aliphatic carbocycles. The minimum Gasteiger partial charge on any atom is -0.453 e. The van der Waals surface area contributed by atoms with Crippen LogP contribution in [0.4, 0.5) is 32.3 Å². The van der Waals surface area contributed by atoms with E-state index in [1.165, 1.54) is 14.2 Å². The third-order valence-electron chi connectivity index (χ3n) is 3.37. The summed E-state index contributed by atoms with van der Waals surface area (Å²) in [6, 6.07) is 14.7. The molecule has 0 aliphatic rings. The number of anilines is 4. The fourth-order valence-corrected chi connectivity index (χ4v) is 2.02. The van der Waals surface area contributed by atoms with Crippen molar-refractivity contribution in [2.45, 2.75) is 0 Å². The summed E-state index contributed by atoms with van der Waals surface area (Å²) < 4.78 is 9.10. The van der Waals surface area contributed by atoms with Crippen LogP contribution in [-0.4, -0.2) is 33.5 Å². The molecule has 0 saturated heterocycles. The lowest BCUT2D eigenvalue weighted by Gasteiger charge is -2.20. The van der Waals surface area contributed by atoms with Gasteiger partial charge in [0.05, 0.1) is 14.2 Å². The lowest BCUT2D eigenvalue weighted by atomic mass is 10.2. The van der Waals surface area contributed by atoms with Gasteiger partial charge in [-0.25, -0.2) is 9.59 Å². The third kappa shape index (κ3) is 4.39. The predicted molar refractivity (Wildman–Crippen MR) is 93.0 cm³/mol. The normalized spacial score (nSPS) is 9.79. The standard InChI is InChI=1S/C17H19N3O4/c1-20(14-8-4-12(5-9-14)18-16(21)23-2)15-10-6-13(7-11-15)19-17(22)24-3/h4-11H,1-3H3,(H,18,21)(H,19,22). The largest absolute Gasteiger partial charge is 0.453 e. The Hall–Kier alpha value is -3.22. The van der Waals surface area contributed by atoms with Crippen molar-refractivity contribution in [1.29, 1.82) is 0 Å². The van der Waals surface area contributed by atoms with Gasteiger partial charge in [0.15, 0.2) is 0 Å². The number of methoxy groups -OCH3 is 2. The van der Waals surface area contributed by atoms with E-state index in [1.54, 1.807) is 24.3 Å². The van der Waals surface area contributed by atoms with Crippen molar-refractivity contribution in [2.75, 3.05) is 36.8 Å². The second kappa shape index (κ2) is 7.87. The number of hydrogen-bond acceptors (Lipinski definition) is 5. The van der Waals surface area contributed by atoms with Gasteiger partial charge in [-0.05, 0) is 48.5 Å². The first kappa shape index (κ1) is 17.1. The molecule has 7 nitrogen and oxygen atoms in total. The van der Waals surface area contributed by atoms with Crippen LogP contribution in [-0.2, 0) is 9.47 Å². The molecule has 2 amide bonds. The number of ether oxygens (including phenoxy) is 2. The van der Waals surface area contributed by atoms with Crippen molar-refractivity contribution in [3.8, 4) is 0 Å². The molecule has 0 spiro atoms. The Morgan fingerprint density at radius 1 is 0.750 bits per heavy atom. The fourth-order valence-electron chi connectivity index (χ4n) is 2.02. The molecule has 2 aromatic rings. The molecule has 0 aromatic heterocycles. The lowest BCUT2D eigenvalue weighted by molar-refractivity contribution is 0.186. The van der Waals surface area contributed by atoms with Crippen molar-refractivity contribution in [3.05, 3.63) is 48.5 Å². The van der Waals surface area contributed by atoms with E-state index < -0.39 is 12.2 Å². The quantitative estimate of drug-likeness (QED) is 0.891. The molecule has 7 heteroatoms. The highest BCUT2D eigenvalue weighted by Crippen LogP contribution is 2.26. The van der Waals surface area contributed by atoms with Gasteiger partial charge in [-0.1, -0.05) is 0 Å². The van der Waals surface area contributed by atoms with Gasteiger partial charge in [-0.15, -0.1) is 0 Å². The number of nitrogens with zero attached hydrogens (tertiary/aromatic N) is 1. The average Bonchev–Trinajstić information content (AvgIpc) is 2.62. The third-order valence-corrected chi connectivity index (χ3v) is 3.37. The van der Waals surface area contributed by atoms with E-state index in [0.29, 0.717) is 11.4 Å². The van der Waals surface area contributed by atoms with Crippen molar-refractivity contribution < 1.29 is 19.1 Å². The molecule has 0 fully saturated rings. The van der Waals surface area contributed by atoms with Gasteiger partial charge in [0.1, 0.15) is 0 Å². The molecule has 24 heavy (non-hydrogen) atoms. The average molecular weight is 329 g/mol. The Bertz CT molecular complexity index is 637. The van der Waals surface area contributed by atoms with Gasteiger partial charge in [-0.2, -0.15) is 0 Å². The Kier molecular flexibility index (Phi) is 5.62. The van der Waals surface area contributed by atoms with Gasteiger partial charge in [0.2, 0.25) is 0 Å². The first-order chi connectivity index (χ1) is 11.5.